The van der Waals surface area contributed by atoms with Gasteiger partial charge in [-0.05, 0) is 31.9 Å². The van der Waals surface area contributed by atoms with E-state index in [1.807, 2.05) is 36.6 Å². The first-order valence-corrected chi connectivity index (χ1v) is 7.48. The topological polar surface area (TPSA) is 62.3 Å². The van der Waals surface area contributed by atoms with Gasteiger partial charge < -0.3 is 19.8 Å². The lowest BCUT2D eigenvalue weighted by Gasteiger charge is -2.11. The summed E-state index contributed by atoms with van der Waals surface area (Å²) in [5.41, 5.74) is 7.83. The minimum absolute atomic E-state index is 0.108. The van der Waals surface area contributed by atoms with Gasteiger partial charge in [0.05, 0.1) is 18.2 Å². The molecule has 21 heavy (non-hydrogen) atoms. The molecule has 0 saturated carbocycles. The van der Waals surface area contributed by atoms with E-state index in [2.05, 4.69) is 18.8 Å². The molecule has 5 heteroatoms. The van der Waals surface area contributed by atoms with Crippen LogP contribution in [0.2, 0.25) is 0 Å². The van der Waals surface area contributed by atoms with Crippen molar-refractivity contribution in [1.82, 2.24) is 9.55 Å². The predicted octanol–water partition coefficient (Wildman–Crippen LogP) is 3.08. The SMILES string of the molecule is CC(C)COCCn1c(N)nc2c(OC(C)C)cccc21. The van der Waals surface area contributed by atoms with Crippen LogP contribution in [0.15, 0.2) is 18.2 Å². The van der Waals surface area contributed by atoms with Crippen LogP contribution in [0.25, 0.3) is 11.0 Å². The zero-order valence-electron chi connectivity index (χ0n) is 13.3. The molecule has 0 atom stereocenters. The van der Waals surface area contributed by atoms with E-state index in [0.717, 1.165) is 23.4 Å². The molecule has 0 aliphatic carbocycles. The monoisotopic (exact) mass is 291 g/mol. The van der Waals surface area contributed by atoms with Gasteiger partial charge in [0.25, 0.3) is 0 Å². The molecule has 116 valence electrons. The van der Waals surface area contributed by atoms with Crippen molar-refractivity contribution in [3.8, 4) is 5.75 Å². The number of nitrogen functional groups attached to an aromatic ring is 1. The largest absolute Gasteiger partial charge is 0.489 e. The van der Waals surface area contributed by atoms with Gasteiger partial charge >= 0.3 is 0 Å². The van der Waals surface area contributed by atoms with E-state index in [1.165, 1.54) is 0 Å². The third kappa shape index (κ3) is 3.88. The Morgan fingerprint density at radius 2 is 2.00 bits per heavy atom. The molecule has 5 nitrogen and oxygen atoms in total. The average molecular weight is 291 g/mol. The van der Waals surface area contributed by atoms with E-state index < -0.39 is 0 Å². The summed E-state index contributed by atoms with van der Waals surface area (Å²) >= 11 is 0. The van der Waals surface area contributed by atoms with Gasteiger partial charge in [-0.2, -0.15) is 0 Å². The van der Waals surface area contributed by atoms with Gasteiger partial charge in [0.1, 0.15) is 11.3 Å². The molecule has 0 fully saturated rings. The van der Waals surface area contributed by atoms with E-state index in [4.69, 9.17) is 15.2 Å². The number of nitrogens with zero attached hydrogens (tertiary/aromatic N) is 2. The Morgan fingerprint density at radius 1 is 1.24 bits per heavy atom. The highest BCUT2D eigenvalue weighted by Gasteiger charge is 2.13. The smallest absolute Gasteiger partial charge is 0.201 e. The third-order valence-corrected chi connectivity index (χ3v) is 3.04. The number of benzene rings is 1. The van der Waals surface area contributed by atoms with E-state index in [0.29, 0.717) is 25.0 Å². The van der Waals surface area contributed by atoms with Crippen molar-refractivity contribution in [3.05, 3.63) is 18.2 Å². The number of rotatable bonds is 7. The summed E-state index contributed by atoms with van der Waals surface area (Å²) in [7, 11) is 0. The number of imidazole rings is 1. The fraction of sp³-hybridized carbons (Fsp3) is 0.562. The van der Waals surface area contributed by atoms with Crippen molar-refractivity contribution in [1.29, 1.82) is 0 Å². The molecule has 0 aliphatic heterocycles. The second kappa shape index (κ2) is 6.80. The Morgan fingerprint density at radius 3 is 2.67 bits per heavy atom. The predicted molar refractivity (Wildman–Crippen MR) is 85.6 cm³/mol. The molecule has 2 rings (SSSR count). The highest BCUT2D eigenvalue weighted by Crippen LogP contribution is 2.27. The quantitative estimate of drug-likeness (QED) is 0.796. The maximum Gasteiger partial charge on any atom is 0.201 e. The van der Waals surface area contributed by atoms with Gasteiger partial charge in [0, 0.05) is 13.2 Å². The Labute approximate surface area is 126 Å². The molecule has 0 spiro atoms. The summed E-state index contributed by atoms with van der Waals surface area (Å²) in [5, 5.41) is 0. The summed E-state index contributed by atoms with van der Waals surface area (Å²) in [6, 6.07) is 5.90. The molecule has 1 aromatic heterocycles. The van der Waals surface area contributed by atoms with Gasteiger partial charge in [-0.1, -0.05) is 19.9 Å². The van der Waals surface area contributed by atoms with Crippen LogP contribution in [0.3, 0.4) is 0 Å². The first kappa shape index (κ1) is 15.6. The zero-order valence-corrected chi connectivity index (χ0v) is 13.3. The maximum absolute atomic E-state index is 6.04. The van der Waals surface area contributed by atoms with Crippen LogP contribution in [0.4, 0.5) is 5.95 Å². The van der Waals surface area contributed by atoms with Crippen LogP contribution in [0, 0.1) is 5.92 Å². The van der Waals surface area contributed by atoms with Crippen molar-refractivity contribution < 1.29 is 9.47 Å². The fourth-order valence-electron chi connectivity index (χ4n) is 2.20. The molecule has 0 bridgehead atoms. The minimum Gasteiger partial charge on any atom is -0.489 e. The second-order valence-electron chi connectivity index (χ2n) is 5.88. The third-order valence-electron chi connectivity index (χ3n) is 3.04. The van der Waals surface area contributed by atoms with Crippen LogP contribution in [-0.2, 0) is 11.3 Å². The number of fused-ring (bicyclic) bond motifs is 1. The Bertz CT molecular complexity index is 590. The summed E-state index contributed by atoms with van der Waals surface area (Å²) in [4.78, 5) is 4.44. The van der Waals surface area contributed by atoms with E-state index in [-0.39, 0.29) is 6.10 Å². The molecule has 1 aromatic carbocycles. The minimum atomic E-state index is 0.108. The molecule has 2 aromatic rings. The van der Waals surface area contributed by atoms with Crippen LogP contribution < -0.4 is 10.5 Å². The zero-order chi connectivity index (χ0) is 15.4. The first-order chi connectivity index (χ1) is 9.99. The molecule has 0 amide bonds. The van der Waals surface area contributed by atoms with E-state index in [9.17, 15) is 0 Å². The molecule has 0 radical (unpaired) electrons. The van der Waals surface area contributed by atoms with Crippen LogP contribution in [0.1, 0.15) is 27.7 Å². The van der Waals surface area contributed by atoms with Crippen molar-refractivity contribution in [3.63, 3.8) is 0 Å². The van der Waals surface area contributed by atoms with E-state index in [1.54, 1.807) is 0 Å². The van der Waals surface area contributed by atoms with Gasteiger partial charge in [-0.3, -0.25) is 0 Å². The second-order valence-corrected chi connectivity index (χ2v) is 5.88. The van der Waals surface area contributed by atoms with Crippen LogP contribution in [-0.4, -0.2) is 28.9 Å². The van der Waals surface area contributed by atoms with Crippen molar-refractivity contribution in [2.45, 2.75) is 40.3 Å². The lowest BCUT2D eigenvalue weighted by atomic mass is 10.2. The summed E-state index contributed by atoms with van der Waals surface area (Å²) in [6.45, 7) is 10.3. The standard InChI is InChI=1S/C16H25N3O2/c1-11(2)10-20-9-8-19-13-6-5-7-14(21-12(3)4)15(13)18-16(19)17/h5-7,11-12H,8-10H2,1-4H3,(H2,17,18). The van der Waals surface area contributed by atoms with E-state index >= 15 is 0 Å². The maximum atomic E-state index is 6.04. The van der Waals surface area contributed by atoms with Gasteiger partial charge in [0.2, 0.25) is 5.95 Å². The van der Waals surface area contributed by atoms with Gasteiger partial charge in [-0.15, -0.1) is 0 Å². The average Bonchev–Trinajstić information content (AvgIpc) is 2.71. The van der Waals surface area contributed by atoms with Crippen molar-refractivity contribution >= 4 is 17.0 Å². The lowest BCUT2D eigenvalue weighted by Crippen LogP contribution is -2.11. The number of hydrogen-bond donors (Lipinski definition) is 1. The highest BCUT2D eigenvalue weighted by molar-refractivity contribution is 5.84. The molecular weight excluding hydrogens is 266 g/mol. The number of para-hydroxylation sites is 1. The normalized spacial score (nSPS) is 11.7. The van der Waals surface area contributed by atoms with Crippen LogP contribution in [0.5, 0.6) is 5.75 Å². The highest BCUT2D eigenvalue weighted by atomic mass is 16.5. The van der Waals surface area contributed by atoms with Crippen LogP contribution >= 0.6 is 0 Å². The molecule has 0 unspecified atom stereocenters. The van der Waals surface area contributed by atoms with Gasteiger partial charge in [-0.25, -0.2) is 4.98 Å². The number of aromatic nitrogens is 2. The summed E-state index contributed by atoms with van der Waals surface area (Å²) in [5.74, 6) is 1.81. The number of nitrogens with two attached hydrogens (primary N) is 1. The number of ether oxygens (including phenoxy) is 2. The summed E-state index contributed by atoms with van der Waals surface area (Å²) in [6.07, 6.45) is 0.108. The number of hydrogen-bond acceptors (Lipinski definition) is 4. The summed E-state index contributed by atoms with van der Waals surface area (Å²) < 4.78 is 13.4. The van der Waals surface area contributed by atoms with Gasteiger partial charge in [0.15, 0.2) is 0 Å². The first-order valence-electron chi connectivity index (χ1n) is 7.48. The molecule has 2 N–H and O–H groups in total. The fourth-order valence-corrected chi connectivity index (χ4v) is 2.20. The molecular formula is C16H25N3O2. The molecule has 0 aliphatic rings. The lowest BCUT2D eigenvalue weighted by molar-refractivity contribution is 0.104. The Balaban J connectivity index is 2.18. The Kier molecular flexibility index (Phi) is 5.07. The Hall–Kier alpha value is -1.75. The van der Waals surface area contributed by atoms with Crippen molar-refractivity contribution in [2.75, 3.05) is 18.9 Å². The van der Waals surface area contributed by atoms with Crippen molar-refractivity contribution in [2.24, 2.45) is 5.92 Å². The molecule has 0 saturated heterocycles. The molecule has 1 heterocycles. The number of anilines is 1.